The summed E-state index contributed by atoms with van der Waals surface area (Å²) in [6.07, 6.45) is 4.33. The number of likely N-dealkylation sites (tertiary alicyclic amines) is 1. The molecule has 29 heavy (non-hydrogen) atoms. The third-order valence-electron chi connectivity index (χ3n) is 5.67. The second-order valence-electron chi connectivity index (χ2n) is 8.06. The fraction of sp³-hybridized carbons (Fsp3) is 0.522. The largest absolute Gasteiger partial charge is 0.350 e. The highest BCUT2D eigenvalue weighted by Crippen LogP contribution is 2.28. The van der Waals surface area contributed by atoms with Crippen molar-refractivity contribution in [3.63, 3.8) is 0 Å². The van der Waals surface area contributed by atoms with Crippen LogP contribution < -0.4 is 5.32 Å². The summed E-state index contributed by atoms with van der Waals surface area (Å²) < 4.78 is 0. The van der Waals surface area contributed by atoms with Gasteiger partial charge in [0, 0.05) is 25.7 Å². The number of amides is 3. The van der Waals surface area contributed by atoms with Gasteiger partial charge >= 0.3 is 0 Å². The van der Waals surface area contributed by atoms with E-state index in [0.29, 0.717) is 17.9 Å². The van der Waals surface area contributed by atoms with Crippen LogP contribution in [0.1, 0.15) is 45.1 Å². The number of piperidine rings is 1. The van der Waals surface area contributed by atoms with Crippen molar-refractivity contribution in [1.29, 1.82) is 0 Å². The summed E-state index contributed by atoms with van der Waals surface area (Å²) in [6, 6.07) is 10.3. The zero-order chi connectivity index (χ0) is 21.4. The molecule has 1 aliphatic heterocycles. The number of likely N-dealkylation sites (N-methyl/N-ethyl adjacent to an activating group) is 1. The van der Waals surface area contributed by atoms with E-state index in [2.05, 4.69) is 29.6 Å². The lowest BCUT2D eigenvalue weighted by Crippen LogP contribution is -2.44. The molecule has 1 N–H and O–H groups in total. The van der Waals surface area contributed by atoms with Crippen LogP contribution >= 0.6 is 0 Å². The van der Waals surface area contributed by atoms with Gasteiger partial charge in [-0.15, -0.1) is 0 Å². The minimum atomic E-state index is -0.207. The molecule has 3 amide bonds. The molecule has 0 saturated carbocycles. The maximum atomic E-state index is 13.0. The maximum absolute atomic E-state index is 13.0. The van der Waals surface area contributed by atoms with Crippen LogP contribution in [-0.2, 0) is 14.4 Å². The zero-order valence-corrected chi connectivity index (χ0v) is 17.9. The van der Waals surface area contributed by atoms with Crippen molar-refractivity contribution < 1.29 is 14.4 Å². The van der Waals surface area contributed by atoms with Gasteiger partial charge in [0.25, 0.3) is 0 Å². The van der Waals surface area contributed by atoms with Gasteiger partial charge in [-0.05, 0) is 37.2 Å². The van der Waals surface area contributed by atoms with Crippen LogP contribution in [0.5, 0.6) is 0 Å². The fourth-order valence-corrected chi connectivity index (χ4v) is 3.89. The molecule has 1 heterocycles. The number of nitrogens with zero attached hydrogens (tertiary/aromatic N) is 2. The van der Waals surface area contributed by atoms with Gasteiger partial charge < -0.3 is 15.1 Å². The van der Waals surface area contributed by atoms with E-state index >= 15 is 0 Å². The van der Waals surface area contributed by atoms with E-state index < -0.39 is 0 Å². The van der Waals surface area contributed by atoms with Crippen LogP contribution in [0.25, 0.3) is 0 Å². The number of benzene rings is 1. The Balaban J connectivity index is 2.00. The van der Waals surface area contributed by atoms with E-state index in [1.54, 1.807) is 11.9 Å². The quantitative estimate of drug-likeness (QED) is 0.540. The molecule has 1 aromatic carbocycles. The van der Waals surface area contributed by atoms with Gasteiger partial charge in [0.15, 0.2) is 0 Å². The Labute approximate surface area is 173 Å². The SMILES string of the molecule is CC(=CC(C(C)C)N(C)C(=O)CNC=O)C(=O)N1CCC(c2ccccc2)CC1. The lowest BCUT2D eigenvalue weighted by atomic mass is 9.89. The number of carbonyl (C=O) groups is 3. The Hall–Kier alpha value is -2.63. The molecule has 1 fully saturated rings. The minimum absolute atomic E-state index is 0.0361. The third kappa shape index (κ3) is 6.17. The Morgan fingerprint density at radius 1 is 1.21 bits per heavy atom. The number of hydrogen-bond donors (Lipinski definition) is 1. The summed E-state index contributed by atoms with van der Waals surface area (Å²) in [5.74, 6) is 0.499. The standard InChI is InChI=1S/C23H33N3O3/c1-17(2)21(25(4)22(28)15-24-16-27)14-18(3)23(29)26-12-10-20(11-13-26)19-8-6-5-7-9-19/h5-9,14,16-17,20-21H,10-13,15H2,1-4H3,(H,24,27). The van der Waals surface area contributed by atoms with Crippen molar-refractivity contribution in [2.45, 2.75) is 45.6 Å². The maximum Gasteiger partial charge on any atom is 0.249 e. The summed E-state index contributed by atoms with van der Waals surface area (Å²) in [5, 5.41) is 2.40. The fourth-order valence-electron chi connectivity index (χ4n) is 3.89. The molecule has 1 aliphatic rings. The number of carbonyl (C=O) groups excluding carboxylic acids is 3. The molecule has 6 nitrogen and oxygen atoms in total. The number of hydrogen-bond acceptors (Lipinski definition) is 3. The summed E-state index contributed by atoms with van der Waals surface area (Å²) in [4.78, 5) is 39.2. The molecule has 1 aromatic rings. The van der Waals surface area contributed by atoms with E-state index in [9.17, 15) is 14.4 Å². The van der Waals surface area contributed by atoms with Gasteiger partial charge in [0.1, 0.15) is 0 Å². The highest BCUT2D eigenvalue weighted by molar-refractivity contribution is 5.93. The Morgan fingerprint density at radius 3 is 2.38 bits per heavy atom. The molecule has 1 unspecified atom stereocenters. The van der Waals surface area contributed by atoms with E-state index in [0.717, 1.165) is 25.9 Å². The normalized spacial score (nSPS) is 16.4. The van der Waals surface area contributed by atoms with Crippen molar-refractivity contribution in [2.75, 3.05) is 26.7 Å². The highest BCUT2D eigenvalue weighted by Gasteiger charge is 2.26. The van der Waals surface area contributed by atoms with Crippen molar-refractivity contribution in [3.05, 3.63) is 47.5 Å². The Kier molecular flexibility index (Phi) is 8.43. The van der Waals surface area contributed by atoms with Crippen LogP contribution in [0.15, 0.2) is 42.0 Å². The second kappa shape index (κ2) is 10.8. The molecule has 6 heteroatoms. The minimum Gasteiger partial charge on any atom is -0.350 e. The summed E-state index contributed by atoms with van der Waals surface area (Å²) >= 11 is 0. The van der Waals surface area contributed by atoms with Crippen molar-refractivity contribution >= 4 is 18.2 Å². The first-order chi connectivity index (χ1) is 13.8. The van der Waals surface area contributed by atoms with E-state index in [-0.39, 0.29) is 30.3 Å². The predicted molar refractivity (Wildman–Crippen MR) is 114 cm³/mol. The lowest BCUT2D eigenvalue weighted by molar-refractivity contribution is -0.132. The molecule has 0 bridgehead atoms. The van der Waals surface area contributed by atoms with Crippen molar-refractivity contribution in [3.8, 4) is 0 Å². The van der Waals surface area contributed by atoms with Crippen molar-refractivity contribution in [2.24, 2.45) is 5.92 Å². The van der Waals surface area contributed by atoms with Crippen LogP contribution in [-0.4, -0.2) is 60.7 Å². The van der Waals surface area contributed by atoms with Crippen LogP contribution in [0.2, 0.25) is 0 Å². The molecular formula is C23H33N3O3. The topological polar surface area (TPSA) is 69.7 Å². The molecule has 0 spiro atoms. The van der Waals surface area contributed by atoms with Gasteiger partial charge in [-0.25, -0.2) is 0 Å². The number of rotatable bonds is 8. The molecule has 0 aromatic heterocycles. The smallest absolute Gasteiger partial charge is 0.249 e. The average Bonchev–Trinajstić information content (AvgIpc) is 2.75. The van der Waals surface area contributed by atoms with E-state index in [1.165, 1.54) is 5.56 Å². The molecule has 1 saturated heterocycles. The number of nitrogens with one attached hydrogen (secondary N) is 1. The van der Waals surface area contributed by atoms with Crippen LogP contribution in [0, 0.1) is 5.92 Å². The second-order valence-corrected chi connectivity index (χ2v) is 8.06. The van der Waals surface area contributed by atoms with Crippen LogP contribution in [0.3, 0.4) is 0 Å². The first kappa shape index (κ1) is 22.7. The molecule has 158 valence electrons. The molecular weight excluding hydrogens is 366 g/mol. The van der Waals surface area contributed by atoms with Gasteiger partial charge in [-0.2, -0.15) is 0 Å². The Bertz CT molecular complexity index is 722. The monoisotopic (exact) mass is 399 g/mol. The lowest BCUT2D eigenvalue weighted by Gasteiger charge is -2.33. The summed E-state index contributed by atoms with van der Waals surface area (Å²) in [6.45, 7) is 7.30. The highest BCUT2D eigenvalue weighted by atomic mass is 16.2. The summed E-state index contributed by atoms with van der Waals surface area (Å²) in [5.41, 5.74) is 2.00. The summed E-state index contributed by atoms with van der Waals surface area (Å²) in [7, 11) is 1.71. The zero-order valence-electron chi connectivity index (χ0n) is 17.9. The van der Waals surface area contributed by atoms with Gasteiger partial charge in [0.2, 0.25) is 18.2 Å². The first-order valence-electron chi connectivity index (χ1n) is 10.3. The van der Waals surface area contributed by atoms with Gasteiger partial charge in [0.05, 0.1) is 12.6 Å². The predicted octanol–water partition coefficient (Wildman–Crippen LogP) is 2.57. The van der Waals surface area contributed by atoms with Crippen molar-refractivity contribution in [1.82, 2.24) is 15.1 Å². The molecule has 2 rings (SSSR count). The first-order valence-corrected chi connectivity index (χ1v) is 10.3. The van der Waals surface area contributed by atoms with Gasteiger partial charge in [-0.1, -0.05) is 50.3 Å². The molecule has 0 radical (unpaired) electrons. The Morgan fingerprint density at radius 2 is 1.83 bits per heavy atom. The third-order valence-corrected chi connectivity index (χ3v) is 5.67. The van der Waals surface area contributed by atoms with E-state index in [4.69, 9.17) is 0 Å². The molecule has 1 atom stereocenters. The van der Waals surface area contributed by atoms with Crippen LogP contribution in [0.4, 0.5) is 0 Å². The molecule has 0 aliphatic carbocycles. The van der Waals surface area contributed by atoms with E-state index in [1.807, 2.05) is 37.8 Å². The van der Waals surface area contributed by atoms with Gasteiger partial charge in [-0.3, -0.25) is 14.4 Å². The average molecular weight is 400 g/mol.